The summed E-state index contributed by atoms with van der Waals surface area (Å²) in [4.78, 5) is 14.5. The number of ketones is 1. The van der Waals surface area contributed by atoms with E-state index in [4.69, 9.17) is 4.74 Å². The average molecular weight is 408 g/mol. The van der Waals surface area contributed by atoms with Crippen LogP contribution in [0.25, 0.3) is 12.2 Å². The van der Waals surface area contributed by atoms with E-state index in [1.807, 2.05) is 62.4 Å². The van der Waals surface area contributed by atoms with Gasteiger partial charge in [0, 0.05) is 6.54 Å². The van der Waals surface area contributed by atoms with Crippen LogP contribution >= 0.6 is 0 Å². The van der Waals surface area contributed by atoms with Crippen LogP contribution in [0.3, 0.4) is 0 Å². The van der Waals surface area contributed by atoms with Crippen LogP contribution in [0.2, 0.25) is 0 Å². The number of ether oxygens (including phenoxy) is 1. The number of hydrogen-bond acceptors (Lipinski definition) is 4. The third-order valence-corrected chi connectivity index (χ3v) is 5.18. The molecule has 2 aromatic rings. The molecule has 4 nitrogen and oxygen atoms in total. The van der Waals surface area contributed by atoms with Gasteiger partial charge in [-0.3, -0.25) is 4.79 Å². The number of aryl methyl sites for hydroxylation is 2. The number of aliphatic hydroxyl groups excluding tert-OH is 1. The first kappa shape index (κ1) is 23.6. The first-order chi connectivity index (χ1) is 14.5. The second-order valence-electron chi connectivity index (χ2n) is 7.31. The molecule has 0 unspecified atom stereocenters. The Hall–Kier alpha value is -2.69. The Morgan fingerprint density at radius 1 is 0.967 bits per heavy atom. The summed E-state index contributed by atoms with van der Waals surface area (Å²) >= 11 is 0. The SMILES string of the molecule is CCN(CC)CCOc1ccc(C=CC(=O)C=Cc2ccc(CO)cc2C)c(C)c1. The molecule has 0 heterocycles. The minimum atomic E-state index is -0.0698. The van der Waals surface area contributed by atoms with Crippen LogP contribution in [0, 0.1) is 13.8 Å². The van der Waals surface area contributed by atoms with Gasteiger partial charge in [0.05, 0.1) is 6.61 Å². The lowest BCUT2D eigenvalue weighted by molar-refractivity contribution is -0.110. The van der Waals surface area contributed by atoms with Crippen molar-refractivity contribution in [1.29, 1.82) is 0 Å². The van der Waals surface area contributed by atoms with Gasteiger partial charge in [-0.2, -0.15) is 0 Å². The second-order valence-corrected chi connectivity index (χ2v) is 7.31. The summed E-state index contributed by atoms with van der Waals surface area (Å²) in [6.45, 7) is 11.9. The van der Waals surface area contributed by atoms with E-state index in [0.717, 1.165) is 53.2 Å². The average Bonchev–Trinajstić information content (AvgIpc) is 2.75. The minimum absolute atomic E-state index is 0.0195. The van der Waals surface area contributed by atoms with E-state index in [1.165, 1.54) is 0 Å². The Bertz CT molecular complexity index is 895. The van der Waals surface area contributed by atoms with Crippen LogP contribution in [-0.2, 0) is 11.4 Å². The van der Waals surface area contributed by atoms with Crippen molar-refractivity contribution >= 4 is 17.9 Å². The number of rotatable bonds is 11. The van der Waals surface area contributed by atoms with Gasteiger partial charge in [-0.05, 0) is 79.0 Å². The monoisotopic (exact) mass is 407 g/mol. The van der Waals surface area contributed by atoms with Crippen LogP contribution in [0.15, 0.2) is 48.6 Å². The molecule has 0 aromatic heterocycles. The molecule has 30 heavy (non-hydrogen) atoms. The van der Waals surface area contributed by atoms with Gasteiger partial charge in [0.25, 0.3) is 0 Å². The molecule has 0 aliphatic carbocycles. The van der Waals surface area contributed by atoms with E-state index in [1.54, 1.807) is 12.2 Å². The zero-order valence-electron chi connectivity index (χ0n) is 18.5. The lowest BCUT2D eigenvalue weighted by Gasteiger charge is -2.18. The normalized spacial score (nSPS) is 11.7. The topological polar surface area (TPSA) is 49.8 Å². The summed E-state index contributed by atoms with van der Waals surface area (Å²) in [6.07, 6.45) is 6.79. The summed E-state index contributed by atoms with van der Waals surface area (Å²) in [5.41, 5.74) is 4.93. The molecular formula is C26H33NO3. The van der Waals surface area contributed by atoms with Crippen molar-refractivity contribution in [2.75, 3.05) is 26.2 Å². The van der Waals surface area contributed by atoms with Crippen molar-refractivity contribution in [3.63, 3.8) is 0 Å². The lowest BCUT2D eigenvalue weighted by atomic mass is 10.0. The largest absolute Gasteiger partial charge is 0.492 e. The molecular weight excluding hydrogens is 374 g/mol. The highest BCUT2D eigenvalue weighted by atomic mass is 16.5. The number of benzene rings is 2. The van der Waals surface area contributed by atoms with Gasteiger partial charge in [-0.1, -0.05) is 50.3 Å². The quantitative estimate of drug-likeness (QED) is 0.543. The fraction of sp³-hybridized carbons (Fsp3) is 0.346. The van der Waals surface area contributed by atoms with Gasteiger partial charge in [0.15, 0.2) is 5.78 Å². The van der Waals surface area contributed by atoms with E-state index in [2.05, 4.69) is 18.7 Å². The maximum absolute atomic E-state index is 12.2. The van der Waals surface area contributed by atoms with E-state index in [9.17, 15) is 9.90 Å². The molecule has 4 heteroatoms. The van der Waals surface area contributed by atoms with Crippen molar-refractivity contribution < 1.29 is 14.6 Å². The number of aliphatic hydroxyl groups is 1. The van der Waals surface area contributed by atoms with Gasteiger partial charge in [0.2, 0.25) is 0 Å². The molecule has 0 aliphatic rings. The smallest absolute Gasteiger partial charge is 0.178 e. The number of carbonyl (C=O) groups is 1. The van der Waals surface area contributed by atoms with Gasteiger partial charge in [-0.15, -0.1) is 0 Å². The standard InChI is InChI=1S/C26H33NO3/c1-5-27(6-2)15-16-30-26-14-11-24(21(4)18-26)10-13-25(29)12-9-23-8-7-22(19-28)17-20(23)3/h7-14,17-18,28H,5-6,15-16,19H2,1-4H3. The molecule has 0 spiro atoms. The van der Waals surface area contributed by atoms with E-state index in [0.29, 0.717) is 6.61 Å². The summed E-state index contributed by atoms with van der Waals surface area (Å²) in [7, 11) is 0. The number of allylic oxidation sites excluding steroid dienone is 2. The Morgan fingerprint density at radius 2 is 1.57 bits per heavy atom. The van der Waals surface area contributed by atoms with E-state index in [-0.39, 0.29) is 12.4 Å². The summed E-state index contributed by atoms with van der Waals surface area (Å²) in [5, 5.41) is 9.18. The van der Waals surface area contributed by atoms with Crippen molar-refractivity contribution in [1.82, 2.24) is 4.90 Å². The van der Waals surface area contributed by atoms with E-state index >= 15 is 0 Å². The Labute approximate surface area is 180 Å². The van der Waals surface area contributed by atoms with Crippen LogP contribution < -0.4 is 4.74 Å². The van der Waals surface area contributed by atoms with Crippen molar-refractivity contribution in [3.05, 3.63) is 76.4 Å². The molecule has 2 rings (SSSR count). The van der Waals surface area contributed by atoms with Gasteiger partial charge in [0.1, 0.15) is 12.4 Å². The Kier molecular flexibility index (Phi) is 9.52. The highest BCUT2D eigenvalue weighted by molar-refractivity contribution is 6.04. The zero-order valence-corrected chi connectivity index (χ0v) is 18.5. The molecule has 1 N–H and O–H groups in total. The van der Waals surface area contributed by atoms with Gasteiger partial charge in [-0.25, -0.2) is 0 Å². The highest BCUT2D eigenvalue weighted by Gasteiger charge is 2.02. The maximum Gasteiger partial charge on any atom is 0.178 e. The third-order valence-electron chi connectivity index (χ3n) is 5.18. The maximum atomic E-state index is 12.2. The molecule has 0 amide bonds. The molecule has 0 radical (unpaired) electrons. The molecule has 2 aromatic carbocycles. The van der Waals surface area contributed by atoms with Crippen LogP contribution in [-0.4, -0.2) is 42.0 Å². The first-order valence-corrected chi connectivity index (χ1v) is 10.5. The molecule has 0 fully saturated rings. The predicted octanol–water partition coefficient (Wildman–Crippen LogP) is 4.81. The zero-order chi connectivity index (χ0) is 21.9. The van der Waals surface area contributed by atoms with E-state index < -0.39 is 0 Å². The molecule has 0 aliphatic heterocycles. The Morgan fingerprint density at radius 3 is 2.10 bits per heavy atom. The fourth-order valence-corrected chi connectivity index (χ4v) is 3.18. The Balaban J connectivity index is 1.94. The van der Waals surface area contributed by atoms with Crippen molar-refractivity contribution in [2.45, 2.75) is 34.3 Å². The van der Waals surface area contributed by atoms with Crippen LogP contribution in [0.4, 0.5) is 0 Å². The lowest BCUT2D eigenvalue weighted by Crippen LogP contribution is -2.27. The third kappa shape index (κ3) is 7.29. The highest BCUT2D eigenvalue weighted by Crippen LogP contribution is 2.19. The molecule has 0 saturated carbocycles. The predicted molar refractivity (Wildman–Crippen MR) is 125 cm³/mol. The first-order valence-electron chi connectivity index (χ1n) is 10.5. The molecule has 0 saturated heterocycles. The summed E-state index contributed by atoms with van der Waals surface area (Å²) in [6, 6.07) is 11.6. The fourth-order valence-electron chi connectivity index (χ4n) is 3.18. The van der Waals surface area contributed by atoms with Crippen molar-refractivity contribution in [3.8, 4) is 5.75 Å². The molecule has 0 atom stereocenters. The van der Waals surface area contributed by atoms with Gasteiger partial charge >= 0.3 is 0 Å². The molecule has 160 valence electrons. The second kappa shape index (κ2) is 12.1. The summed E-state index contributed by atoms with van der Waals surface area (Å²) < 4.78 is 5.86. The number of carbonyl (C=O) groups excluding carboxylic acids is 1. The minimum Gasteiger partial charge on any atom is -0.492 e. The van der Waals surface area contributed by atoms with Gasteiger partial charge < -0.3 is 14.7 Å². The number of likely N-dealkylation sites (N-methyl/N-ethyl adjacent to an activating group) is 1. The van der Waals surface area contributed by atoms with Crippen LogP contribution in [0.5, 0.6) is 5.75 Å². The number of hydrogen-bond donors (Lipinski definition) is 1. The van der Waals surface area contributed by atoms with Crippen molar-refractivity contribution in [2.24, 2.45) is 0 Å². The number of nitrogens with zero attached hydrogens (tertiary/aromatic N) is 1. The molecule has 0 bridgehead atoms. The van der Waals surface area contributed by atoms with Crippen LogP contribution in [0.1, 0.15) is 41.7 Å². The summed E-state index contributed by atoms with van der Waals surface area (Å²) in [5.74, 6) is 0.782.